The average molecular weight is 330 g/mol. The summed E-state index contributed by atoms with van der Waals surface area (Å²) >= 11 is 0. The highest BCUT2D eigenvalue weighted by Gasteiger charge is 2.23. The van der Waals surface area contributed by atoms with Gasteiger partial charge in [0.15, 0.2) is 5.78 Å². The highest BCUT2D eigenvalue weighted by molar-refractivity contribution is 7.89. The van der Waals surface area contributed by atoms with Gasteiger partial charge in [-0.1, -0.05) is 30.3 Å². The Morgan fingerprint density at radius 1 is 1.09 bits per heavy atom. The van der Waals surface area contributed by atoms with E-state index >= 15 is 0 Å². The van der Waals surface area contributed by atoms with Crippen LogP contribution in [0.3, 0.4) is 0 Å². The van der Waals surface area contributed by atoms with E-state index in [1.807, 2.05) is 24.3 Å². The normalized spacial score (nSPS) is 18.3. The van der Waals surface area contributed by atoms with E-state index in [1.54, 1.807) is 12.1 Å². The number of benzene rings is 2. The molecule has 4 N–H and O–H groups in total. The lowest BCUT2D eigenvalue weighted by Gasteiger charge is -2.13. The molecule has 2 aromatic carbocycles. The largest absolute Gasteiger partial charge is 0.321 e. The van der Waals surface area contributed by atoms with Crippen LogP contribution in [0.5, 0.6) is 0 Å². The fourth-order valence-corrected chi connectivity index (χ4v) is 3.53. The van der Waals surface area contributed by atoms with Gasteiger partial charge in [0.2, 0.25) is 10.0 Å². The van der Waals surface area contributed by atoms with Gasteiger partial charge in [-0.05, 0) is 47.2 Å². The molecule has 0 heterocycles. The minimum Gasteiger partial charge on any atom is -0.321 e. The van der Waals surface area contributed by atoms with Gasteiger partial charge in [0, 0.05) is 6.42 Å². The smallest absolute Gasteiger partial charge is 0.238 e. The molecule has 0 spiro atoms. The van der Waals surface area contributed by atoms with Gasteiger partial charge >= 0.3 is 0 Å². The number of aryl methyl sites for hydroxylation is 1. The minimum absolute atomic E-state index is 0.0128. The zero-order chi connectivity index (χ0) is 16.6. The number of rotatable bonds is 2. The second-order valence-corrected chi connectivity index (χ2v) is 7.37. The van der Waals surface area contributed by atoms with Crippen LogP contribution in [-0.2, 0) is 27.7 Å². The number of nitrogens with two attached hydrogens (primary N) is 2. The maximum absolute atomic E-state index is 12.1. The summed E-state index contributed by atoms with van der Waals surface area (Å²) in [7, 11) is -3.77. The van der Waals surface area contributed by atoms with Gasteiger partial charge in [-0.15, -0.1) is 0 Å². The summed E-state index contributed by atoms with van der Waals surface area (Å²) in [6, 6.07) is 11.8. The van der Waals surface area contributed by atoms with Crippen molar-refractivity contribution in [1.82, 2.24) is 0 Å². The van der Waals surface area contributed by atoms with Crippen molar-refractivity contribution in [2.45, 2.75) is 30.2 Å². The van der Waals surface area contributed by atoms with Crippen LogP contribution in [-0.4, -0.2) is 20.2 Å². The first-order valence-corrected chi connectivity index (χ1v) is 8.93. The molecule has 0 aromatic heterocycles. The summed E-state index contributed by atoms with van der Waals surface area (Å²) in [6.45, 7) is 0. The molecule has 6 heteroatoms. The van der Waals surface area contributed by atoms with Crippen LogP contribution in [0.25, 0.3) is 11.1 Å². The van der Waals surface area contributed by atoms with Crippen molar-refractivity contribution in [3.8, 4) is 11.1 Å². The molecule has 5 nitrogen and oxygen atoms in total. The molecule has 0 fully saturated rings. The Labute approximate surface area is 135 Å². The van der Waals surface area contributed by atoms with E-state index in [0.717, 1.165) is 28.7 Å². The second kappa shape index (κ2) is 5.88. The maximum Gasteiger partial charge on any atom is 0.238 e. The predicted octanol–water partition coefficient (Wildman–Crippen LogP) is 1.39. The van der Waals surface area contributed by atoms with Gasteiger partial charge in [-0.2, -0.15) is 0 Å². The molecular formula is C17H18N2O3S. The molecule has 0 bridgehead atoms. The van der Waals surface area contributed by atoms with Crippen molar-refractivity contribution in [3.05, 3.63) is 53.6 Å². The lowest BCUT2D eigenvalue weighted by Crippen LogP contribution is -2.30. The number of Topliss-reactive ketones (excluding diaryl/α,β-unsaturated/α-hetero) is 1. The maximum atomic E-state index is 12.1. The van der Waals surface area contributed by atoms with Gasteiger partial charge in [-0.25, -0.2) is 13.6 Å². The van der Waals surface area contributed by atoms with Crippen molar-refractivity contribution < 1.29 is 13.2 Å². The predicted molar refractivity (Wildman–Crippen MR) is 88.3 cm³/mol. The summed E-state index contributed by atoms with van der Waals surface area (Å²) in [5.74, 6) is 0.0128. The second-order valence-electron chi connectivity index (χ2n) is 5.80. The molecule has 3 rings (SSSR count). The van der Waals surface area contributed by atoms with Crippen LogP contribution in [0.2, 0.25) is 0 Å². The average Bonchev–Trinajstić information content (AvgIpc) is 2.66. The number of primary sulfonamides is 1. The summed E-state index contributed by atoms with van der Waals surface area (Å²) < 4.78 is 23.1. The SMILES string of the molecule is NC1CCc2cccc(-c3cccc(S(N)(=O)=O)c3)c2CC1=O. The molecule has 1 aliphatic rings. The summed E-state index contributed by atoms with van der Waals surface area (Å²) in [6.07, 6.45) is 1.64. The third-order valence-corrected chi connectivity index (χ3v) is 5.15. The molecule has 0 saturated carbocycles. The van der Waals surface area contributed by atoms with Gasteiger partial charge in [0.05, 0.1) is 10.9 Å². The van der Waals surface area contributed by atoms with Gasteiger partial charge in [-0.3, -0.25) is 4.79 Å². The quantitative estimate of drug-likeness (QED) is 0.812. The number of sulfonamides is 1. The third-order valence-electron chi connectivity index (χ3n) is 4.24. The number of fused-ring (bicyclic) bond motifs is 1. The van der Waals surface area contributed by atoms with E-state index in [1.165, 1.54) is 6.07 Å². The number of carbonyl (C=O) groups is 1. The number of ketones is 1. The monoisotopic (exact) mass is 330 g/mol. The summed E-state index contributed by atoms with van der Waals surface area (Å²) in [5, 5.41) is 5.21. The third kappa shape index (κ3) is 3.19. The fraction of sp³-hybridized carbons (Fsp3) is 0.235. The van der Waals surface area contributed by atoms with E-state index in [-0.39, 0.29) is 17.1 Å². The molecule has 0 saturated heterocycles. The van der Waals surface area contributed by atoms with Crippen LogP contribution in [0.4, 0.5) is 0 Å². The molecular weight excluding hydrogens is 312 g/mol. The van der Waals surface area contributed by atoms with Crippen molar-refractivity contribution in [3.63, 3.8) is 0 Å². The molecule has 0 radical (unpaired) electrons. The molecule has 0 aliphatic heterocycles. The Bertz CT molecular complexity index is 875. The molecule has 23 heavy (non-hydrogen) atoms. The first kappa shape index (κ1) is 15.9. The minimum atomic E-state index is -3.77. The van der Waals surface area contributed by atoms with Crippen LogP contribution < -0.4 is 10.9 Å². The van der Waals surface area contributed by atoms with Crippen LogP contribution in [0.15, 0.2) is 47.4 Å². The molecule has 2 aromatic rings. The Hall–Kier alpha value is -2.02. The molecule has 120 valence electrons. The van der Waals surface area contributed by atoms with E-state index in [9.17, 15) is 13.2 Å². The van der Waals surface area contributed by atoms with Crippen LogP contribution in [0, 0.1) is 0 Å². The van der Waals surface area contributed by atoms with E-state index in [2.05, 4.69) is 0 Å². The first-order valence-electron chi connectivity index (χ1n) is 7.38. The van der Waals surface area contributed by atoms with Crippen molar-refractivity contribution >= 4 is 15.8 Å². The summed E-state index contributed by atoms with van der Waals surface area (Å²) in [5.41, 5.74) is 9.49. The van der Waals surface area contributed by atoms with E-state index in [4.69, 9.17) is 10.9 Å². The lowest BCUT2D eigenvalue weighted by molar-refractivity contribution is -0.119. The zero-order valence-corrected chi connectivity index (χ0v) is 13.3. The Balaban J connectivity index is 2.14. The molecule has 0 amide bonds. The van der Waals surface area contributed by atoms with E-state index in [0.29, 0.717) is 6.42 Å². The molecule has 1 atom stereocenters. The number of hydrogen-bond acceptors (Lipinski definition) is 4. The standard InChI is InChI=1S/C17H18N2O3S/c18-16-8-7-11-3-2-6-14(15(11)10-17(16)20)12-4-1-5-13(9-12)23(19,21)22/h1-6,9,16H,7-8,10,18H2,(H2,19,21,22). The summed E-state index contributed by atoms with van der Waals surface area (Å²) in [4.78, 5) is 12.2. The van der Waals surface area contributed by atoms with Crippen molar-refractivity contribution in [1.29, 1.82) is 0 Å². The van der Waals surface area contributed by atoms with Crippen LogP contribution in [0.1, 0.15) is 17.5 Å². The Morgan fingerprint density at radius 3 is 2.57 bits per heavy atom. The number of hydrogen-bond donors (Lipinski definition) is 2. The van der Waals surface area contributed by atoms with Gasteiger partial charge in [0.25, 0.3) is 0 Å². The van der Waals surface area contributed by atoms with Gasteiger partial charge in [0.1, 0.15) is 0 Å². The molecule has 1 aliphatic carbocycles. The van der Waals surface area contributed by atoms with Crippen molar-refractivity contribution in [2.75, 3.05) is 0 Å². The van der Waals surface area contributed by atoms with Gasteiger partial charge < -0.3 is 5.73 Å². The van der Waals surface area contributed by atoms with E-state index < -0.39 is 16.1 Å². The number of carbonyl (C=O) groups excluding carboxylic acids is 1. The topological polar surface area (TPSA) is 103 Å². The molecule has 1 unspecified atom stereocenters. The van der Waals surface area contributed by atoms with Crippen molar-refractivity contribution in [2.24, 2.45) is 10.9 Å². The lowest BCUT2D eigenvalue weighted by atomic mass is 9.92. The van der Waals surface area contributed by atoms with Crippen LogP contribution >= 0.6 is 0 Å². The highest BCUT2D eigenvalue weighted by Crippen LogP contribution is 2.31. The zero-order valence-electron chi connectivity index (χ0n) is 12.5. The Kier molecular flexibility index (Phi) is 4.06. The first-order chi connectivity index (χ1) is 10.9. The Morgan fingerprint density at radius 2 is 1.83 bits per heavy atom. The highest BCUT2D eigenvalue weighted by atomic mass is 32.2. The fourth-order valence-electron chi connectivity index (χ4n) is 2.97.